The molecule has 2 heterocycles. The number of hydrogen-bond acceptors (Lipinski definition) is 5. The smallest absolute Gasteiger partial charge is 0.223 e. The van der Waals surface area contributed by atoms with Crippen molar-refractivity contribution < 1.29 is 4.79 Å². The molecule has 0 unspecified atom stereocenters. The summed E-state index contributed by atoms with van der Waals surface area (Å²) in [7, 11) is 2.03. The van der Waals surface area contributed by atoms with E-state index in [1.165, 1.54) is 31.1 Å². The second kappa shape index (κ2) is 6.26. The van der Waals surface area contributed by atoms with E-state index in [9.17, 15) is 4.79 Å². The third-order valence-corrected chi connectivity index (χ3v) is 4.02. The minimum Gasteiger partial charge on any atom is -0.317 e. The maximum atomic E-state index is 10.9. The average Bonchev–Trinajstić information content (AvgIpc) is 2.76. The molecule has 2 N–H and O–H groups in total. The van der Waals surface area contributed by atoms with E-state index in [4.69, 9.17) is 0 Å². The number of rotatable bonds is 4. The number of anilines is 1. The van der Waals surface area contributed by atoms with Crippen LogP contribution in [0.25, 0.3) is 0 Å². The van der Waals surface area contributed by atoms with Crippen molar-refractivity contribution >= 4 is 22.4 Å². The van der Waals surface area contributed by atoms with Gasteiger partial charge >= 0.3 is 0 Å². The molecule has 1 amide bonds. The first kappa shape index (κ1) is 13.5. The highest BCUT2D eigenvalue weighted by atomic mass is 32.1. The Balaban J connectivity index is 1.83. The van der Waals surface area contributed by atoms with Crippen LogP contribution in [0.1, 0.15) is 25.5 Å². The van der Waals surface area contributed by atoms with Gasteiger partial charge in [-0.05, 0) is 19.9 Å². The van der Waals surface area contributed by atoms with Crippen molar-refractivity contribution in [2.24, 2.45) is 0 Å². The zero-order valence-corrected chi connectivity index (χ0v) is 11.7. The summed E-state index contributed by atoms with van der Waals surface area (Å²) >= 11 is 1.49. The molecule has 1 aromatic heterocycles. The summed E-state index contributed by atoms with van der Waals surface area (Å²) in [5, 5.41) is 8.76. The highest BCUT2D eigenvalue weighted by Crippen LogP contribution is 2.18. The van der Waals surface area contributed by atoms with Crippen LogP contribution in [0.2, 0.25) is 0 Å². The number of piperidine rings is 1. The van der Waals surface area contributed by atoms with Crippen LogP contribution in [0.5, 0.6) is 0 Å². The summed E-state index contributed by atoms with van der Waals surface area (Å²) in [6.07, 6.45) is 2.39. The quantitative estimate of drug-likeness (QED) is 0.864. The Kier molecular flexibility index (Phi) is 4.68. The largest absolute Gasteiger partial charge is 0.317 e. The lowest BCUT2D eigenvalue weighted by molar-refractivity contribution is -0.114. The van der Waals surface area contributed by atoms with Gasteiger partial charge in [0.05, 0.1) is 5.69 Å². The fourth-order valence-corrected chi connectivity index (χ4v) is 2.94. The van der Waals surface area contributed by atoms with Crippen LogP contribution in [-0.2, 0) is 11.3 Å². The first-order chi connectivity index (χ1) is 8.67. The van der Waals surface area contributed by atoms with Crippen molar-refractivity contribution in [3.8, 4) is 0 Å². The molecule has 1 aromatic rings. The topological polar surface area (TPSA) is 57.3 Å². The molecule has 0 atom stereocenters. The SMILES string of the molecule is CNC1CCN(Cc2csc(NC(C)=O)n2)CC1. The summed E-state index contributed by atoms with van der Waals surface area (Å²) in [4.78, 5) is 17.7. The predicted octanol–water partition coefficient (Wildman–Crippen LogP) is 1.29. The van der Waals surface area contributed by atoms with Gasteiger partial charge in [0, 0.05) is 38.0 Å². The summed E-state index contributed by atoms with van der Waals surface area (Å²) in [5.74, 6) is -0.0641. The Morgan fingerprint density at radius 1 is 1.56 bits per heavy atom. The predicted molar refractivity (Wildman–Crippen MR) is 73.8 cm³/mol. The second-order valence-electron chi connectivity index (χ2n) is 4.66. The Bertz CT molecular complexity index is 399. The molecule has 1 saturated heterocycles. The van der Waals surface area contributed by atoms with E-state index in [-0.39, 0.29) is 5.91 Å². The Morgan fingerprint density at radius 2 is 2.28 bits per heavy atom. The van der Waals surface area contributed by atoms with Crippen molar-refractivity contribution in [2.75, 3.05) is 25.5 Å². The summed E-state index contributed by atoms with van der Waals surface area (Å²) in [6, 6.07) is 0.659. The fraction of sp³-hybridized carbons (Fsp3) is 0.667. The highest BCUT2D eigenvalue weighted by molar-refractivity contribution is 7.13. The first-order valence-corrected chi connectivity index (χ1v) is 7.17. The van der Waals surface area contributed by atoms with E-state index in [0.717, 1.165) is 25.3 Å². The normalized spacial score (nSPS) is 17.9. The lowest BCUT2D eigenvalue weighted by Crippen LogP contribution is -2.40. The van der Waals surface area contributed by atoms with Gasteiger partial charge in [0.25, 0.3) is 0 Å². The van der Waals surface area contributed by atoms with Crippen LogP contribution in [0.3, 0.4) is 0 Å². The van der Waals surface area contributed by atoms with Gasteiger partial charge in [0.15, 0.2) is 5.13 Å². The summed E-state index contributed by atoms with van der Waals surface area (Å²) in [6.45, 7) is 4.60. The number of nitrogens with one attached hydrogen (secondary N) is 2. The van der Waals surface area contributed by atoms with Gasteiger partial charge in [-0.25, -0.2) is 4.98 Å². The minimum absolute atomic E-state index is 0.0641. The number of nitrogens with zero attached hydrogens (tertiary/aromatic N) is 2. The molecule has 0 spiro atoms. The van der Waals surface area contributed by atoms with E-state index < -0.39 is 0 Å². The van der Waals surface area contributed by atoms with E-state index in [0.29, 0.717) is 11.2 Å². The van der Waals surface area contributed by atoms with Gasteiger partial charge in [0.1, 0.15) is 0 Å². The fourth-order valence-electron chi connectivity index (χ4n) is 2.20. The Morgan fingerprint density at radius 3 is 2.89 bits per heavy atom. The monoisotopic (exact) mass is 268 g/mol. The van der Waals surface area contributed by atoms with Gasteiger partial charge in [0.2, 0.25) is 5.91 Å². The zero-order chi connectivity index (χ0) is 13.0. The lowest BCUT2D eigenvalue weighted by Gasteiger charge is -2.31. The van der Waals surface area contributed by atoms with Crippen LogP contribution in [0.4, 0.5) is 5.13 Å². The van der Waals surface area contributed by atoms with Crippen molar-refractivity contribution in [1.29, 1.82) is 0 Å². The molecule has 0 bridgehead atoms. The van der Waals surface area contributed by atoms with Gasteiger partial charge in [-0.3, -0.25) is 9.69 Å². The maximum Gasteiger partial charge on any atom is 0.223 e. The first-order valence-electron chi connectivity index (χ1n) is 6.29. The lowest BCUT2D eigenvalue weighted by atomic mass is 10.1. The third kappa shape index (κ3) is 3.76. The van der Waals surface area contributed by atoms with E-state index in [1.807, 2.05) is 12.4 Å². The molecule has 0 saturated carbocycles. The Labute approximate surface area is 112 Å². The molecule has 6 heteroatoms. The second-order valence-corrected chi connectivity index (χ2v) is 5.52. The summed E-state index contributed by atoms with van der Waals surface area (Å²) < 4.78 is 0. The number of carbonyl (C=O) groups is 1. The van der Waals surface area contributed by atoms with Crippen molar-refractivity contribution in [3.05, 3.63) is 11.1 Å². The molecule has 5 nitrogen and oxygen atoms in total. The van der Waals surface area contributed by atoms with Crippen LogP contribution < -0.4 is 10.6 Å². The molecular formula is C12H20N4OS. The van der Waals surface area contributed by atoms with Crippen molar-refractivity contribution in [1.82, 2.24) is 15.2 Å². The van der Waals surface area contributed by atoms with E-state index in [1.54, 1.807) is 0 Å². The molecule has 18 heavy (non-hydrogen) atoms. The number of aromatic nitrogens is 1. The number of carbonyl (C=O) groups excluding carboxylic acids is 1. The number of hydrogen-bond donors (Lipinski definition) is 2. The summed E-state index contributed by atoms with van der Waals surface area (Å²) in [5.41, 5.74) is 1.05. The van der Waals surface area contributed by atoms with Gasteiger partial charge in [-0.1, -0.05) is 0 Å². The molecular weight excluding hydrogens is 248 g/mol. The van der Waals surface area contributed by atoms with Crippen LogP contribution >= 0.6 is 11.3 Å². The third-order valence-electron chi connectivity index (χ3n) is 3.22. The molecule has 0 aromatic carbocycles. The molecule has 2 rings (SSSR count). The van der Waals surface area contributed by atoms with Crippen LogP contribution in [0.15, 0.2) is 5.38 Å². The van der Waals surface area contributed by atoms with E-state index >= 15 is 0 Å². The van der Waals surface area contributed by atoms with Gasteiger partial charge < -0.3 is 10.6 Å². The average molecular weight is 268 g/mol. The molecule has 100 valence electrons. The highest BCUT2D eigenvalue weighted by Gasteiger charge is 2.18. The molecule has 1 aliphatic rings. The van der Waals surface area contributed by atoms with Crippen molar-refractivity contribution in [3.63, 3.8) is 0 Å². The molecule has 0 radical (unpaired) electrons. The van der Waals surface area contributed by atoms with E-state index in [2.05, 4.69) is 20.5 Å². The van der Waals surface area contributed by atoms with Gasteiger partial charge in [-0.15, -0.1) is 11.3 Å². The number of likely N-dealkylation sites (tertiary alicyclic amines) is 1. The van der Waals surface area contributed by atoms with Gasteiger partial charge in [-0.2, -0.15) is 0 Å². The molecule has 1 aliphatic heterocycles. The molecule has 1 fully saturated rings. The standard InChI is InChI=1S/C12H20N4OS/c1-9(17)14-12-15-11(8-18-12)7-16-5-3-10(13-2)4-6-16/h8,10,13H,3-7H2,1-2H3,(H,14,15,17). The number of amides is 1. The number of thiazole rings is 1. The zero-order valence-electron chi connectivity index (χ0n) is 10.9. The Hall–Kier alpha value is -0.980. The van der Waals surface area contributed by atoms with Crippen LogP contribution in [-0.4, -0.2) is 42.0 Å². The van der Waals surface area contributed by atoms with Crippen LogP contribution in [0, 0.1) is 0 Å². The minimum atomic E-state index is -0.0641. The van der Waals surface area contributed by atoms with Crippen molar-refractivity contribution in [2.45, 2.75) is 32.4 Å². The molecule has 0 aliphatic carbocycles. The maximum absolute atomic E-state index is 10.9.